The van der Waals surface area contributed by atoms with Gasteiger partial charge in [-0.3, -0.25) is 28.8 Å². The first-order valence-corrected chi connectivity index (χ1v) is 18.2. The van der Waals surface area contributed by atoms with Gasteiger partial charge >= 0.3 is 0 Å². The Hall–Kier alpha value is -6.14. The molecule has 0 bridgehead atoms. The summed E-state index contributed by atoms with van der Waals surface area (Å²) in [5.41, 5.74) is 1.74. The van der Waals surface area contributed by atoms with Crippen LogP contribution in [0.3, 0.4) is 0 Å². The van der Waals surface area contributed by atoms with E-state index in [0.29, 0.717) is 41.1 Å². The molecule has 0 atom stereocenters. The minimum atomic E-state index is -0.398. The molecule has 0 radical (unpaired) electrons. The number of hydrogen-bond donors (Lipinski definition) is 2. The van der Waals surface area contributed by atoms with Gasteiger partial charge in [0, 0.05) is 54.3 Å². The van der Waals surface area contributed by atoms with E-state index in [-0.39, 0.29) is 68.6 Å². The van der Waals surface area contributed by atoms with Gasteiger partial charge in [0.1, 0.15) is 11.5 Å². The van der Waals surface area contributed by atoms with E-state index in [1.165, 1.54) is 12.8 Å². The minimum absolute atomic E-state index is 0.0292. The molecule has 0 spiro atoms. The number of hydrogen-bond acceptors (Lipinski definition) is 9. The molecule has 1 saturated heterocycles. The summed E-state index contributed by atoms with van der Waals surface area (Å²) in [6.07, 6.45) is 7.99. The number of furan rings is 2. The molecular weight excluding hydrogens is 688 g/mol. The molecule has 0 unspecified atom stereocenters. The predicted octanol–water partition coefficient (Wildman–Crippen LogP) is 5.56. The van der Waals surface area contributed by atoms with Crippen molar-refractivity contribution in [3.8, 4) is 0 Å². The average Bonchev–Trinajstić information content (AvgIpc) is 4.01. The number of carbonyl (C=O) groups excluding carboxylic acids is 6. The number of fused-ring (bicyclic) bond motifs is 4. The third-order valence-electron chi connectivity index (χ3n) is 10.0. The number of likely N-dealkylation sites (tertiary alicyclic amines) is 1. The standard InChI is InChI=1S/C21H22N2O4.C21H18N2O4/c2*1-13-16(21(26)22-9-6-12-23-10-4-5-11-23)17-18(24)14-7-2-3-8-15(14)19(25)20(17)27-13/h2-3,7-8H,4-6,9-12H2,1H3,(H,22,26);2-5,7-8,10-11H,6,9,12H2,1H3,(H,22,26). The molecule has 1 aliphatic heterocycles. The van der Waals surface area contributed by atoms with Crippen molar-refractivity contribution in [2.24, 2.45) is 0 Å². The van der Waals surface area contributed by atoms with Gasteiger partial charge in [-0.05, 0) is 71.3 Å². The number of amides is 2. The molecular formula is C42H40N4O8. The summed E-state index contributed by atoms with van der Waals surface area (Å²) >= 11 is 0. The van der Waals surface area contributed by atoms with E-state index in [9.17, 15) is 28.8 Å². The number of benzene rings is 2. The van der Waals surface area contributed by atoms with Crippen LogP contribution in [0, 0.1) is 13.8 Å². The first-order valence-electron chi connectivity index (χ1n) is 18.2. The van der Waals surface area contributed by atoms with Crippen molar-refractivity contribution in [1.82, 2.24) is 20.1 Å². The van der Waals surface area contributed by atoms with Crippen LogP contribution in [-0.4, -0.2) is 77.1 Å². The third-order valence-corrected chi connectivity index (χ3v) is 10.0. The summed E-state index contributed by atoms with van der Waals surface area (Å²) in [7, 11) is 0. The number of ketones is 4. The molecule has 2 amide bonds. The Morgan fingerprint density at radius 1 is 0.593 bits per heavy atom. The number of aromatic nitrogens is 1. The molecule has 2 N–H and O–H groups in total. The largest absolute Gasteiger partial charge is 0.456 e. The van der Waals surface area contributed by atoms with Gasteiger partial charge in [-0.15, -0.1) is 0 Å². The van der Waals surface area contributed by atoms with Crippen molar-refractivity contribution in [1.29, 1.82) is 0 Å². The van der Waals surface area contributed by atoms with Crippen molar-refractivity contribution in [3.63, 3.8) is 0 Å². The second kappa shape index (κ2) is 15.5. The fourth-order valence-corrected chi connectivity index (χ4v) is 7.33. The van der Waals surface area contributed by atoms with Crippen molar-refractivity contribution >= 4 is 34.9 Å². The molecule has 5 aromatic rings. The van der Waals surface area contributed by atoms with E-state index in [1.54, 1.807) is 62.4 Å². The van der Waals surface area contributed by atoms with Crippen LogP contribution >= 0.6 is 0 Å². The fraction of sp³-hybridized carbons (Fsp3) is 0.286. The zero-order valence-electron chi connectivity index (χ0n) is 30.2. The summed E-state index contributed by atoms with van der Waals surface area (Å²) in [4.78, 5) is 78.9. The van der Waals surface area contributed by atoms with E-state index < -0.39 is 5.91 Å². The maximum atomic E-state index is 12.9. The Labute approximate surface area is 311 Å². The summed E-state index contributed by atoms with van der Waals surface area (Å²) in [6, 6.07) is 17.1. The van der Waals surface area contributed by atoms with Crippen LogP contribution in [0.4, 0.5) is 0 Å². The molecule has 0 saturated carbocycles. The number of nitrogens with one attached hydrogen (secondary N) is 2. The lowest BCUT2D eigenvalue weighted by Crippen LogP contribution is -2.30. The minimum Gasteiger partial charge on any atom is -0.456 e. The van der Waals surface area contributed by atoms with Crippen LogP contribution in [-0.2, 0) is 6.54 Å². The highest BCUT2D eigenvalue weighted by Gasteiger charge is 2.39. The van der Waals surface area contributed by atoms with E-state index in [0.717, 1.165) is 39.0 Å². The van der Waals surface area contributed by atoms with Gasteiger partial charge in [-0.25, -0.2) is 0 Å². The number of nitrogens with zero attached hydrogens (tertiary/aromatic N) is 2. The molecule has 3 aliphatic rings. The van der Waals surface area contributed by atoms with E-state index in [4.69, 9.17) is 8.83 Å². The molecule has 276 valence electrons. The van der Waals surface area contributed by atoms with Crippen molar-refractivity contribution < 1.29 is 37.6 Å². The molecule has 1 fully saturated rings. The Morgan fingerprint density at radius 2 is 1.00 bits per heavy atom. The normalized spacial score (nSPS) is 14.5. The Morgan fingerprint density at radius 3 is 1.44 bits per heavy atom. The Bertz CT molecular complexity index is 2290. The molecule has 8 rings (SSSR count). The highest BCUT2D eigenvalue weighted by atomic mass is 16.4. The second-order valence-corrected chi connectivity index (χ2v) is 13.6. The topological polar surface area (TPSA) is 161 Å². The summed E-state index contributed by atoms with van der Waals surface area (Å²) in [5.74, 6) is -1.67. The van der Waals surface area contributed by atoms with Gasteiger partial charge in [0.2, 0.25) is 11.6 Å². The lowest BCUT2D eigenvalue weighted by atomic mass is 9.86. The second-order valence-electron chi connectivity index (χ2n) is 13.6. The molecule has 2 aliphatic carbocycles. The molecule has 54 heavy (non-hydrogen) atoms. The quantitative estimate of drug-likeness (QED) is 0.172. The molecule has 12 heteroatoms. The Balaban J connectivity index is 0.000000167. The summed E-state index contributed by atoms with van der Waals surface area (Å²) in [5, 5.41) is 5.69. The maximum Gasteiger partial charge on any atom is 0.255 e. The van der Waals surface area contributed by atoms with Crippen molar-refractivity contribution in [2.45, 2.75) is 46.1 Å². The molecule has 2 aromatic carbocycles. The number of carbonyl (C=O) groups is 6. The average molecular weight is 729 g/mol. The van der Waals surface area contributed by atoms with E-state index >= 15 is 0 Å². The maximum absolute atomic E-state index is 12.9. The van der Waals surface area contributed by atoms with Crippen LogP contribution in [0.5, 0.6) is 0 Å². The lowest BCUT2D eigenvalue weighted by molar-refractivity contribution is 0.0933. The van der Waals surface area contributed by atoms with Gasteiger partial charge in [-0.2, -0.15) is 0 Å². The van der Waals surface area contributed by atoms with Crippen LogP contribution in [0.25, 0.3) is 0 Å². The molecule has 4 heterocycles. The highest BCUT2D eigenvalue weighted by molar-refractivity contribution is 6.31. The third kappa shape index (κ3) is 6.88. The zero-order chi connectivity index (χ0) is 37.9. The van der Waals surface area contributed by atoms with Gasteiger partial charge in [0.25, 0.3) is 11.8 Å². The number of aryl methyl sites for hydroxylation is 3. The molecule has 12 nitrogen and oxygen atoms in total. The van der Waals surface area contributed by atoms with Crippen molar-refractivity contribution in [3.05, 3.63) is 141 Å². The summed E-state index contributed by atoms with van der Waals surface area (Å²) < 4.78 is 13.1. The highest BCUT2D eigenvalue weighted by Crippen LogP contribution is 2.34. The smallest absolute Gasteiger partial charge is 0.255 e. The first kappa shape index (κ1) is 36.2. The van der Waals surface area contributed by atoms with Gasteiger partial charge in [0.15, 0.2) is 23.1 Å². The van der Waals surface area contributed by atoms with Gasteiger partial charge < -0.3 is 28.9 Å². The zero-order valence-corrected chi connectivity index (χ0v) is 30.2. The van der Waals surface area contributed by atoms with Crippen LogP contribution < -0.4 is 10.6 Å². The monoisotopic (exact) mass is 728 g/mol. The predicted molar refractivity (Wildman–Crippen MR) is 198 cm³/mol. The van der Waals surface area contributed by atoms with Crippen LogP contribution in [0.15, 0.2) is 81.9 Å². The van der Waals surface area contributed by atoms with Crippen molar-refractivity contribution in [2.75, 3.05) is 32.7 Å². The van der Waals surface area contributed by atoms with Gasteiger partial charge in [-0.1, -0.05) is 48.5 Å². The fourth-order valence-electron chi connectivity index (χ4n) is 7.33. The van der Waals surface area contributed by atoms with Crippen LogP contribution in [0.1, 0.15) is 122 Å². The van der Waals surface area contributed by atoms with Crippen LogP contribution in [0.2, 0.25) is 0 Å². The summed E-state index contributed by atoms with van der Waals surface area (Å²) in [6.45, 7) is 8.16. The first-order chi connectivity index (χ1) is 26.2. The van der Waals surface area contributed by atoms with E-state index in [2.05, 4.69) is 15.5 Å². The van der Waals surface area contributed by atoms with E-state index in [1.807, 2.05) is 29.1 Å². The molecule has 3 aromatic heterocycles. The van der Waals surface area contributed by atoms with Gasteiger partial charge in [0.05, 0.1) is 22.3 Å². The lowest BCUT2D eigenvalue weighted by Gasteiger charge is -2.15. The Kier molecular flexibility index (Phi) is 10.4. The SMILES string of the molecule is Cc1oc2c(c1C(=O)NCCCN1CCCC1)C(=O)c1ccccc1C2=O.Cc1oc2c(c1C(=O)NCCCn1cccc1)C(=O)c1ccccc1C2=O. The number of rotatable bonds is 10.